The number of nitrogens with zero attached hydrogens (tertiary/aromatic N) is 1. The largest absolute Gasteiger partial charge is 0.356 e. The monoisotopic (exact) mass is 508 g/mol. The summed E-state index contributed by atoms with van der Waals surface area (Å²) in [5, 5.41) is 7.43. The molecule has 6 nitrogen and oxygen atoms in total. The van der Waals surface area contributed by atoms with Gasteiger partial charge >= 0.3 is 0 Å². The van der Waals surface area contributed by atoms with Crippen LogP contribution in [0.4, 0.5) is 0 Å². The number of benzene rings is 1. The first kappa shape index (κ1) is 23.7. The summed E-state index contributed by atoms with van der Waals surface area (Å²) in [5.74, 6) is 0.709. The van der Waals surface area contributed by atoms with Gasteiger partial charge in [-0.1, -0.05) is 29.3 Å². The molecule has 0 amide bonds. The Morgan fingerprint density at radius 3 is 2.50 bits per heavy atom. The molecule has 0 radical (unpaired) electrons. The van der Waals surface area contributed by atoms with Crippen LogP contribution in [0, 0.1) is 0 Å². The Hall–Kier alpha value is -0.290. The minimum atomic E-state index is -3.13. The first-order valence-electron chi connectivity index (χ1n) is 7.23. The van der Waals surface area contributed by atoms with Gasteiger partial charge in [-0.15, -0.1) is 24.0 Å². The number of rotatable bonds is 8. The zero-order chi connectivity index (χ0) is 17.3. The van der Waals surface area contributed by atoms with Crippen molar-refractivity contribution < 1.29 is 8.42 Å². The van der Waals surface area contributed by atoms with Crippen LogP contribution >= 0.6 is 47.2 Å². The third-order valence-corrected chi connectivity index (χ3v) is 5.02. The molecule has 138 valence electrons. The van der Waals surface area contributed by atoms with Crippen molar-refractivity contribution >= 4 is 63.2 Å². The van der Waals surface area contributed by atoms with Crippen molar-refractivity contribution in [2.45, 2.75) is 19.9 Å². The molecule has 0 saturated heterocycles. The zero-order valence-electron chi connectivity index (χ0n) is 13.6. The van der Waals surface area contributed by atoms with Gasteiger partial charge in [-0.2, -0.15) is 0 Å². The van der Waals surface area contributed by atoms with Crippen molar-refractivity contribution in [3.05, 3.63) is 33.8 Å². The van der Waals surface area contributed by atoms with Gasteiger partial charge in [-0.3, -0.25) is 4.99 Å². The second-order valence-electron chi connectivity index (χ2n) is 4.74. The summed E-state index contributed by atoms with van der Waals surface area (Å²) in [4.78, 5) is 4.10. The minimum Gasteiger partial charge on any atom is -0.356 e. The number of hydrogen-bond donors (Lipinski definition) is 3. The fourth-order valence-electron chi connectivity index (χ4n) is 1.69. The number of aliphatic imine (C=N–C) groups is 1. The van der Waals surface area contributed by atoms with Crippen LogP contribution in [-0.2, 0) is 16.6 Å². The lowest BCUT2D eigenvalue weighted by atomic mass is 10.2. The Morgan fingerprint density at radius 2 is 1.92 bits per heavy atom. The number of nitrogens with one attached hydrogen (secondary N) is 3. The van der Waals surface area contributed by atoms with Gasteiger partial charge in [0, 0.05) is 36.7 Å². The molecular weight excluding hydrogens is 486 g/mol. The Kier molecular flexibility index (Phi) is 12.0. The van der Waals surface area contributed by atoms with Crippen LogP contribution in [0.2, 0.25) is 10.0 Å². The van der Waals surface area contributed by atoms with Crippen molar-refractivity contribution in [3.63, 3.8) is 0 Å². The van der Waals surface area contributed by atoms with Crippen molar-refractivity contribution in [2.24, 2.45) is 4.99 Å². The molecule has 0 aliphatic heterocycles. The zero-order valence-corrected chi connectivity index (χ0v) is 18.3. The molecule has 0 aromatic heterocycles. The maximum atomic E-state index is 11.3. The van der Waals surface area contributed by atoms with E-state index >= 15 is 0 Å². The van der Waals surface area contributed by atoms with Gasteiger partial charge in [-0.25, -0.2) is 13.1 Å². The summed E-state index contributed by atoms with van der Waals surface area (Å²) < 4.78 is 25.1. The van der Waals surface area contributed by atoms with E-state index in [4.69, 9.17) is 23.2 Å². The molecule has 24 heavy (non-hydrogen) atoms. The van der Waals surface area contributed by atoms with E-state index in [0.29, 0.717) is 42.1 Å². The van der Waals surface area contributed by atoms with E-state index in [-0.39, 0.29) is 29.7 Å². The van der Waals surface area contributed by atoms with E-state index in [1.165, 1.54) is 0 Å². The Labute approximate surface area is 170 Å². The Balaban J connectivity index is 0.00000529. The fraction of sp³-hybridized carbons (Fsp3) is 0.500. The summed E-state index contributed by atoms with van der Waals surface area (Å²) in [5.41, 5.74) is 0.912. The van der Waals surface area contributed by atoms with Crippen LogP contribution in [0.5, 0.6) is 0 Å². The molecule has 0 heterocycles. The van der Waals surface area contributed by atoms with Crippen molar-refractivity contribution in [1.29, 1.82) is 0 Å². The molecule has 0 saturated carbocycles. The highest BCUT2D eigenvalue weighted by Crippen LogP contribution is 2.20. The predicted molar refractivity (Wildman–Crippen MR) is 112 cm³/mol. The molecule has 1 aromatic rings. The highest BCUT2D eigenvalue weighted by molar-refractivity contribution is 14.0. The van der Waals surface area contributed by atoms with Crippen molar-refractivity contribution in [3.8, 4) is 0 Å². The van der Waals surface area contributed by atoms with Crippen molar-refractivity contribution in [1.82, 2.24) is 15.4 Å². The van der Waals surface area contributed by atoms with Crippen LogP contribution in [0.1, 0.15) is 18.9 Å². The van der Waals surface area contributed by atoms with Crippen LogP contribution in [0.15, 0.2) is 23.2 Å². The highest BCUT2D eigenvalue weighted by atomic mass is 127. The van der Waals surface area contributed by atoms with E-state index in [2.05, 4.69) is 20.3 Å². The summed E-state index contributed by atoms with van der Waals surface area (Å²) in [6.45, 7) is 3.11. The standard InChI is InChI=1S/C14H22Cl2N4O2S.HI/c1-3-23(21,22)20-8-4-7-18-14(17-2)19-10-11-5-6-12(15)9-13(11)16;/h5-6,9,20H,3-4,7-8,10H2,1-2H3,(H2,17,18,19);1H. The third kappa shape index (κ3) is 9.26. The summed E-state index contributed by atoms with van der Waals surface area (Å²) in [7, 11) is -1.46. The molecule has 1 rings (SSSR count). The topological polar surface area (TPSA) is 82.6 Å². The van der Waals surface area contributed by atoms with Crippen LogP contribution in [0.25, 0.3) is 0 Å². The maximum absolute atomic E-state index is 11.3. The number of hydrogen-bond acceptors (Lipinski definition) is 3. The van der Waals surface area contributed by atoms with Gasteiger partial charge in [0.25, 0.3) is 0 Å². The molecule has 0 bridgehead atoms. The van der Waals surface area contributed by atoms with Crippen LogP contribution < -0.4 is 15.4 Å². The lowest BCUT2D eigenvalue weighted by Crippen LogP contribution is -2.38. The number of halogens is 3. The molecule has 10 heteroatoms. The molecule has 0 unspecified atom stereocenters. The molecule has 0 fully saturated rings. The number of guanidine groups is 1. The molecule has 3 N–H and O–H groups in total. The summed E-state index contributed by atoms with van der Waals surface area (Å²) in [6.07, 6.45) is 0.654. The smallest absolute Gasteiger partial charge is 0.211 e. The first-order chi connectivity index (χ1) is 10.9. The molecule has 0 aliphatic carbocycles. The average Bonchev–Trinajstić information content (AvgIpc) is 2.51. The average molecular weight is 509 g/mol. The lowest BCUT2D eigenvalue weighted by Gasteiger charge is -2.13. The van der Waals surface area contributed by atoms with Crippen LogP contribution in [-0.4, -0.2) is 40.3 Å². The molecule has 0 spiro atoms. The maximum Gasteiger partial charge on any atom is 0.211 e. The Bertz CT molecular complexity index is 642. The van der Waals surface area contributed by atoms with E-state index < -0.39 is 10.0 Å². The number of sulfonamides is 1. The first-order valence-corrected chi connectivity index (χ1v) is 9.64. The fourth-order valence-corrected chi connectivity index (χ4v) is 2.82. The van der Waals surface area contributed by atoms with E-state index in [9.17, 15) is 8.42 Å². The second kappa shape index (κ2) is 12.1. The summed E-state index contributed by atoms with van der Waals surface area (Å²) >= 11 is 12.0. The molecular formula is C14H23Cl2IN4O2S. The predicted octanol–water partition coefficient (Wildman–Crippen LogP) is 2.61. The quantitative estimate of drug-likeness (QED) is 0.218. The highest BCUT2D eigenvalue weighted by Gasteiger charge is 2.05. The molecule has 0 aliphatic rings. The Morgan fingerprint density at radius 1 is 1.21 bits per heavy atom. The van der Waals surface area contributed by atoms with Gasteiger partial charge in [0.1, 0.15) is 0 Å². The van der Waals surface area contributed by atoms with Gasteiger partial charge in [0.05, 0.1) is 5.75 Å². The third-order valence-electron chi connectivity index (χ3n) is 3.03. The summed E-state index contributed by atoms with van der Waals surface area (Å²) in [6, 6.07) is 5.32. The van der Waals surface area contributed by atoms with Gasteiger partial charge in [0.15, 0.2) is 5.96 Å². The van der Waals surface area contributed by atoms with E-state index in [1.54, 1.807) is 26.1 Å². The molecule has 0 atom stereocenters. The van der Waals surface area contributed by atoms with Crippen LogP contribution in [0.3, 0.4) is 0 Å². The van der Waals surface area contributed by atoms with Gasteiger partial charge in [0.2, 0.25) is 10.0 Å². The minimum absolute atomic E-state index is 0. The van der Waals surface area contributed by atoms with E-state index in [0.717, 1.165) is 5.56 Å². The molecule has 1 aromatic carbocycles. The SMILES string of the molecule is CCS(=O)(=O)NCCCNC(=NC)NCc1ccc(Cl)cc1Cl.I. The van der Waals surface area contributed by atoms with E-state index in [1.807, 2.05) is 6.07 Å². The second-order valence-corrected chi connectivity index (χ2v) is 7.68. The van der Waals surface area contributed by atoms with Gasteiger partial charge in [-0.05, 0) is 31.0 Å². The van der Waals surface area contributed by atoms with Gasteiger partial charge < -0.3 is 10.6 Å². The van der Waals surface area contributed by atoms with Crippen molar-refractivity contribution in [2.75, 3.05) is 25.9 Å². The lowest BCUT2D eigenvalue weighted by molar-refractivity contribution is 0.579. The normalized spacial score (nSPS) is 11.8.